The minimum Gasteiger partial charge on any atom is -0.363 e. The summed E-state index contributed by atoms with van der Waals surface area (Å²) in [6.45, 7) is 4.00. The van der Waals surface area contributed by atoms with Crippen molar-refractivity contribution in [1.29, 1.82) is 0 Å². The Labute approximate surface area is 193 Å². The molecule has 0 spiro atoms. The van der Waals surface area contributed by atoms with Gasteiger partial charge in [0.15, 0.2) is 0 Å². The Hall–Kier alpha value is -3.46. The van der Waals surface area contributed by atoms with Crippen LogP contribution in [0.4, 0.5) is 13.2 Å². The summed E-state index contributed by atoms with van der Waals surface area (Å²) >= 11 is 0.431. The molecule has 9 heteroatoms. The van der Waals surface area contributed by atoms with E-state index in [0.717, 1.165) is 6.07 Å². The lowest BCUT2D eigenvalue weighted by Crippen LogP contribution is -2.47. The number of Topliss-reactive ketones (excluding diaryl/α,β-unsaturated/α-hetero) is 1. The number of halogens is 3. The molecular weight excluding hydrogens is 453 g/mol. The van der Waals surface area contributed by atoms with E-state index in [0.29, 0.717) is 22.5 Å². The third-order valence-electron chi connectivity index (χ3n) is 4.44. The van der Waals surface area contributed by atoms with Crippen molar-refractivity contribution in [3.05, 3.63) is 82.7 Å². The average molecular weight is 477 g/mol. The summed E-state index contributed by atoms with van der Waals surface area (Å²) in [4.78, 5) is 35.8. The Morgan fingerprint density at radius 2 is 1.52 bits per heavy atom. The minimum absolute atomic E-state index is 0.0364. The number of carbonyl (C=O) groups excluding carboxylic acids is 3. The van der Waals surface area contributed by atoms with Gasteiger partial charge in [-0.25, -0.2) is 0 Å². The van der Waals surface area contributed by atoms with E-state index in [1.807, 2.05) is 13.8 Å². The van der Waals surface area contributed by atoms with E-state index in [4.69, 9.17) is 5.73 Å². The lowest BCUT2D eigenvalue weighted by molar-refractivity contribution is -0.137. The van der Waals surface area contributed by atoms with Crippen LogP contribution < -0.4 is 11.1 Å². The number of rotatable bonds is 7. The van der Waals surface area contributed by atoms with Crippen LogP contribution in [0.5, 0.6) is 0 Å². The molecule has 0 saturated heterocycles. The van der Waals surface area contributed by atoms with Gasteiger partial charge in [0.25, 0.3) is 11.8 Å². The van der Waals surface area contributed by atoms with Crippen molar-refractivity contribution in [2.75, 3.05) is 0 Å². The average Bonchev–Trinajstić information content (AvgIpc) is 3.27. The van der Waals surface area contributed by atoms with Crippen LogP contribution in [0.15, 0.2) is 66.7 Å². The highest BCUT2D eigenvalue weighted by Crippen LogP contribution is 2.41. The fraction of sp³-hybridized carbons (Fsp3) is 0.208. The predicted molar refractivity (Wildman–Crippen MR) is 122 cm³/mol. The fourth-order valence-electron chi connectivity index (χ4n) is 2.97. The SMILES string of the molecule is CC.NC(=O)C(=O)C(Cc1ccccc1)NC(=O)c1cc(C(F)(F)F)sc1-c1ccccc1. The summed E-state index contributed by atoms with van der Waals surface area (Å²) in [7, 11) is 0. The molecule has 1 atom stereocenters. The third-order valence-corrected chi connectivity index (χ3v) is 5.67. The molecule has 0 aliphatic carbocycles. The number of primary amides is 1. The van der Waals surface area contributed by atoms with Crippen molar-refractivity contribution in [2.45, 2.75) is 32.5 Å². The summed E-state index contributed by atoms with van der Waals surface area (Å²) in [6, 6.07) is 16.1. The van der Waals surface area contributed by atoms with Crippen LogP contribution in [0.3, 0.4) is 0 Å². The van der Waals surface area contributed by atoms with Crippen molar-refractivity contribution in [1.82, 2.24) is 5.32 Å². The lowest BCUT2D eigenvalue weighted by Gasteiger charge is -2.16. The zero-order valence-corrected chi connectivity index (χ0v) is 18.8. The molecule has 0 radical (unpaired) electrons. The zero-order valence-electron chi connectivity index (χ0n) is 18.0. The molecule has 174 valence electrons. The molecule has 3 rings (SSSR count). The van der Waals surface area contributed by atoms with Gasteiger partial charge < -0.3 is 11.1 Å². The Bertz CT molecular complexity index is 1100. The first-order chi connectivity index (χ1) is 15.7. The molecule has 3 aromatic rings. The second-order valence-corrected chi connectivity index (χ2v) is 7.71. The number of benzene rings is 2. The molecule has 2 amide bonds. The van der Waals surface area contributed by atoms with E-state index in [9.17, 15) is 27.6 Å². The van der Waals surface area contributed by atoms with Gasteiger partial charge in [0, 0.05) is 11.3 Å². The van der Waals surface area contributed by atoms with Crippen LogP contribution in [0, 0.1) is 0 Å². The van der Waals surface area contributed by atoms with Gasteiger partial charge in [-0.1, -0.05) is 74.5 Å². The molecule has 2 aromatic carbocycles. The van der Waals surface area contributed by atoms with Crippen molar-refractivity contribution in [3.8, 4) is 10.4 Å². The molecule has 0 fully saturated rings. The zero-order chi connectivity index (χ0) is 24.6. The summed E-state index contributed by atoms with van der Waals surface area (Å²) in [5, 5.41) is 2.39. The smallest absolute Gasteiger partial charge is 0.363 e. The topological polar surface area (TPSA) is 89.3 Å². The van der Waals surface area contributed by atoms with Crippen molar-refractivity contribution in [2.24, 2.45) is 5.73 Å². The Morgan fingerprint density at radius 3 is 2.03 bits per heavy atom. The van der Waals surface area contributed by atoms with Crippen LogP contribution in [-0.4, -0.2) is 23.6 Å². The lowest BCUT2D eigenvalue weighted by atomic mass is 10.0. The Balaban J connectivity index is 0.00000187. The quantitative estimate of drug-likeness (QED) is 0.478. The molecule has 1 unspecified atom stereocenters. The molecular formula is C24H23F3N2O3S. The van der Waals surface area contributed by atoms with Gasteiger partial charge in [0.1, 0.15) is 10.9 Å². The van der Waals surface area contributed by atoms with Crippen molar-refractivity contribution < 1.29 is 27.6 Å². The van der Waals surface area contributed by atoms with E-state index >= 15 is 0 Å². The molecule has 1 aromatic heterocycles. The maximum atomic E-state index is 13.3. The number of nitrogens with two attached hydrogens (primary N) is 1. The highest BCUT2D eigenvalue weighted by Gasteiger charge is 2.36. The van der Waals surface area contributed by atoms with Gasteiger partial charge in [-0.2, -0.15) is 13.2 Å². The van der Waals surface area contributed by atoms with Gasteiger partial charge in [0.2, 0.25) is 5.78 Å². The molecule has 0 aliphatic heterocycles. The maximum absolute atomic E-state index is 13.3. The fourth-order valence-corrected chi connectivity index (χ4v) is 4.00. The summed E-state index contributed by atoms with van der Waals surface area (Å²) in [5.74, 6) is -3.18. The molecule has 5 nitrogen and oxygen atoms in total. The highest BCUT2D eigenvalue weighted by atomic mass is 32.1. The molecule has 33 heavy (non-hydrogen) atoms. The number of carbonyl (C=O) groups is 3. The van der Waals surface area contributed by atoms with E-state index in [2.05, 4.69) is 5.32 Å². The Morgan fingerprint density at radius 1 is 0.970 bits per heavy atom. The summed E-state index contributed by atoms with van der Waals surface area (Å²) in [5.41, 5.74) is 5.93. The molecule has 3 N–H and O–H groups in total. The van der Waals surface area contributed by atoms with E-state index in [1.54, 1.807) is 60.7 Å². The normalized spacial score (nSPS) is 11.7. The first-order valence-electron chi connectivity index (χ1n) is 10.1. The van der Waals surface area contributed by atoms with Crippen LogP contribution in [0.1, 0.15) is 34.6 Å². The standard InChI is InChI=1S/C22H17F3N2O3S.C2H6/c23-22(24,25)17-12-15(19(31-17)14-9-5-2-6-10-14)21(30)27-16(18(28)20(26)29)11-13-7-3-1-4-8-13;1-2/h1-10,12,16H,11H2,(H2,26,29)(H,27,30);1-2H3. The third kappa shape index (κ3) is 6.76. The van der Waals surface area contributed by atoms with Crippen LogP contribution in [0.2, 0.25) is 0 Å². The number of amides is 2. The number of alkyl halides is 3. The van der Waals surface area contributed by atoms with E-state index < -0.39 is 34.7 Å². The predicted octanol–water partition coefficient (Wildman–Crippen LogP) is 4.86. The van der Waals surface area contributed by atoms with Gasteiger partial charge >= 0.3 is 6.18 Å². The van der Waals surface area contributed by atoms with Crippen molar-refractivity contribution >= 4 is 28.9 Å². The van der Waals surface area contributed by atoms with E-state index in [-0.39, 0.29) is 16.9 Å². The number of ketones is 1. The van der Waals surface area contributed by atoms with Crippen LogP contribution in [-0.2, 0) is 22.2 Å². The maximum Gasteiger partial charge on any atom is 0.425 e. The number of nitrogens with one attached hydrogen (secondary N) is 1. The van der Waals surface area contributed by atoms with Gasteiger partial charge in [-0.05, 0) is 17.2 Å². The van der Waals surface area contributed by atoms with E-state index in [1.165, 1.54) is 0 Å². The molecule has 0 bridgehead atoms. The first-order valence-corrected chi connectivity index (χ1v) is 10.9. The molecule has 1 heterocycles. The molecule has 0 aliphatic rings. The summed E-state index contributed by atoms with van der Waals surface area (Å²) < 4.78 is 39.9. The highest BCUT2D eigenvalue weighted by molar-refractivity contribution is 7.16. The van der Waals surface area contributed by atoms with Crippen LogP contribution in [0.25, 0.3) is 10.4 Å². The Kier molecular flexibility index (Phi) is 8.93. The first kappa shape index (κ1) is 25.8. The van der Waals surface area contributed by atoms with Gasteiger partial charge in [-0.3, -0.25) is 14.4 Å². The minimum atomic E-state index is -4.64. The summed E-state index contributed by atoms with van der Waals surface area (Å²) in [6.07, 6.45) is -4.68. The van der Waals surface area contributed by atoms with Crippen molar-refractivity contribution in [3.63, 3.8) is 0 Å². The molecule has 0 saturated carbocycles. The number of hydrogen-bond acceptors (Lipinski definition) is 4. The second-order valence-electron chi connectivity index (χ2n) is 6.66. The number of thiophene rings is 1. The number of hydrogen-bond donors (Lipinski definition) is 2. The second kappa shape index (κ2) is 11.4. The monoisotopic (exact) mass is 476 g/mol. The van der Waals surface area contributed by atoms with Gasteiger partial charge in [0.05, 0.1) is 5.56 Å². The van der Waals surface area contributed by atoms with Crippen LogP contribution >= 0.6 is 11.3 Å². The largest absolute Gasteiger partial charge is 0.425 e. The van der Waals surface area contributed by atoms with Gasteiger partial charge in [-0.15, -0.1) is 11.3 Å².